The third-order valence-corrected chi connectivity index (χ3v) is 12.7. The van der Waals surface area contributed by atoms with Gasteiger partial charge in [-0.3, -0.25) is 14.4 Å². The molecule has 0 heterocycles. The van der Waals surface area contributed by atoms with Gasteiger partial charge in [0.1, 0.15) is 13.2 Å². The van der Waals surface area contributed by atoms with Crippen molar-refractivity contribution in [2.24, 2.45) is 0 Å². The second kappa shape index (κ2) is 53.5. The molecule has 0 aromatic rings. The molecule has 0 aromatic carbocycles. The van der Waals surface area contributed by atoms with Crippen molar-refractivity contribution in [3.63, 3.8) is 0 Å². The molecule has 0 spiro atoms. The Bertz CT molecular complexity index is 1040. The lowest BCUT2D eigenvalue weighted by molar-refractivity contribution is -0.167. The maximum atomic E-state index is 12.8. The Hall–Kier alpha value is -2.11. The number of ether oxygens (including phenoxy) is 3. The van der Waals surface area contributed by atoms with Crippen LogP contribution in [0, 0.1) is 0 Å². The zero-order chi connectivity index (χ0) is 46.5. The van der Waals surface area contributed by atoms with Gasteiger partial charge in [0, 0.05) is 19.3 Å². The zero-order valence-corrected chi connectivity index (χ0v) is 43.1. The van der Waals surface area contributed by atoms with Crippen molar-refractivity contribution >= 4 is 17.9 Å². The van der Waals surface area contributed by atoms with Crippen molar-refractivity contribution in [2.75, 3.05) is 13.2 Å². The van der Waals surface area contributed by atoms with Crippen LogP contribution in [-0.2, 0) is 28.6 Å². The summed E-state index contributed by atoms with van der Waals surface area (Å²) in [6, 6.07) is 0. The van der Waals surface area contributed by atoms with Crippen LogP contribution in [0.25, 0.3) is 0 Å². The summed E-state index contributed by atoms with van der Waals surface area (Å²) in [5.41, 5.74) is 0. The van der Waals surface area contributed by atoms with Crippen LogP contribution in [0.1, 0.15) is 310 Å². The highest BCUT2D eigenvalue weighted by Crippen LogP contribution is 2.16. The van der Waals surface area contributed by atoms with Crippen LogP contribution in [-0.4, -0.2) is 37.2 Å². The predicted octanol–water partition coefficient (Wildman–Crippen LogP) is 18.7. The minimum absolute atomic E-state index is 0.0711. The van der Waals surface area contributed by atoms with Gasteiger partial charge >= 0.3 is 17.9 Å². The molecule has 6 heteroatoms. The summed E-state index contributed by atoms with van der Waals surface area (Å²) in [4.78, 5) is 38.0. The SMILES string of the molecule is CCCCCC/C=C\CCCCCCCC(=O)OC(COC(=O)CCCCCCCCCCC/C=C\CCCCCCCCCC)COC(=O)CCCCCCCCCCCCCC. The van der Waals surface area contributed by atoms with Crippen LogP contribution in [0.15, 0.2) is 24.3 Å². The third kappa shape index (κ3) is 50.9. The van der Waals surface area contributed by atoms with Gasteiger partial charge in [0.2, 0.25) is 0 Å². The molecule has 0 amide bonds. The molecule has 0 bridgehead atoms. The highest BCUT2D eigenvalue weighted by atomic mass is 16.6. The molecule has 0 fully saturated rings. The molecule has 0 N–H and O–H groups in total. The average Bonchev–Trinajstić information content (AvgIpc) is 3.29. The van der Waals surface area contributed by atoms with E-state index >= 15 is 0 Å². The molecular formula is C58H108O6. The molecule has 64 heavy (non-hydrogen) atoms. The number of carbonyl (C=O) groups excluding carboxylic acids is 3. The minimum Gasteiger partial charge on any atom is -0.462 e. The summed E-state index contributed by atoms with van der Waals surface area (Å²) in [5.74, 6) is -0.866. The first-order valence-corrected chi connectivity index (χ1v) is 28.3. The van der Waals surface area contributed by atoms with Crippen molar-refractivity contribution < 1.29 is 28.6 Å². The molecule has 1 unspecified atom stereocenters. The van der Waals surface area contributed by atoms with E-state index in [1.807, 2.05) is 0 Å². The van der Waals surface area contributed by atoms with E-state index in [2.05, 4.69) is 45.1 Å². The number of hydrogen-bond donors (Lipinski definition) is 0. The van der Waals surface area contributed by atoms with Gasteiger partial charge in [-0.25, -0.2) is 0 Å². The standard InChI is InChI=1S/C58H108O6/c1-4-7-10-13-16-19-22-25-26-27-28-29-30-31-32-34-36-39-42-45-48-51-57(60)63-54-55(53-62-56(59)50-47-44-41-38-35-24-21-18-15-12-9-6-3)64-58(61)52-49-46-43-40-37-33-23-20-17-14-11-8-5-2/h20,23,27-28,55H,4-19,21-22,24-26,29-54H2,1-3H3/b23-20-,28-27-. The maximum Gasteiger partial charge on any atom is 0.306 e. The summed E-state index contributed by atoms with van der Waals surface area (Å²) < 4.78 is 16.8. The zero-order valence-electron chi connectivity index (χ0n) is 43.1. The summed E-state index contributed by atoms with van der Waals surface area (Å²) in [5, 5.41) is 0. The Morgan fingerprint density at radius 1 is 0.297 bits per heavy atom. The summed E-state index contributed by atoms with van der Waals surface area (Å²) in [7, 11) is 0. The van der Waals surface area contributed by atoms with Gasteiger partial charge in [-0.2, -0.15) is 0 Å². The Labute approximate surface area is 398 Å². The molecule has 6 nitrogen and oxygen atoms in total. The van der Waals surface area contributed by atoms with Gasteiger partial charge in [0.05, 0.1) is 0 Å². The molecule has 0 aliphatic rings. The molecule has 0 saturated carbocycles. The van der Waals surface area contributed by atoms with E-state index in [0.717, 1.165) is 64.2 Å². The van der Waals surface area contributed by atoms with Gasteiger partial charge < -0.3 is 14.2 Å². The van der Waals surface area contributed by atoms with Crippen LogP contribution in [0.3, 0.4) is 0 Å². The van der Waals surface area contributed by atoms with E-state index in [4.69, 9.17) is 14.2 Å². The summed E-state index contributed by atoms with van der Waals surface area (Å²) in [6.45, 7) is 6.65. The Morgan fingerprint density at radius 3 is 0.797 bits per heavy atom. The highest BCUT2D eigenvalue weighted by Gasteiger charge is 2.19. The van der Waals surface area contributed by atoms with Crippen molar-refractivity contribution in [1.82, 2.24) is 0 Å². The molecule has 0 radical (unpaired) electrons. The van der Waals surface area contributed by atoms with Crippen LogP contribution in [0.4, 0.5) is 0 Å². The summed E-state index contributed by atoms with van der Waals surface area (Å²) >= 11 is 0. The fourth-order valence-electron chi connectivity index (χ4n) is 8.37. The first-order chi connectivity index (χ1) is 31.5. The smallest absolute Gasteiger partial charge is 0.306 e. The Morgan fingerprint density at radius 2 is 0.516 bits per heavy atom. The minimum atomic E-state index is -0.771. The lowest BCUT2D eigenvalue weighted by atomic mass is 10.0. The maximum absolute atomic E-state index is 12.8. The number of rotatable bonds is 52. The normalized spacial score (nSPS) is 12.1. The molecule has 0 rings (SSSR count). The number of carbonyl (C=O) groups is 3. The van der Waals surface area contributed by atoms with Gasteiger partial charge in [-0.15, -0.1) is 0 Å². The highest BCUT2D eigenvalue weighted by molar-refractivity contribution is 5.71. The molecule has 0 aliphatic heterocycles. The van der Waals surface area contributed by atoms with Crippen molar-refractivity contribution in [3.05, 3.63) is 24.3 Å². The second-order valence-electron chi connectivity index (χ2n) is 19.2. The fourth-order valence-corrected chi connectivity index (χ4v) is 8.37. The molecular weight excluding hydrogens is 793 g/mol. The van der Waals surface area contributed by atoms with E-state index < -0.39 is 6.10 Å². The quantitative estimate of drug-likeness (QED) is 0.0262. The number of hydrogen-bond acceptors (Lipinski definition) is 6. The number of esters is 3. The van der Waals surface area contributed by atoms with Gasteiger partial charge in [0.25, 0.3) is 0 Å². The monoisotopic (exact) mass is 901 g/mol. The van der Waals surface area contributed by atoms with Crippen LogP contribution in [0.5, 0.6) is 0 Å². The van der Waals surface area contributed by atoms with Gasteiger partial charge in [0.15, 0.2) is 6.10 Å². The van der Waals surface area contributed by atoms with Crippen LogP contribution in [0.2, 0.25) is 0 Å². The lowest BCUT2D eigenvalue weighted by Gasteiger charge is -2.18. The van der Waals surface area contributed by atoms with E-state index in [0.29, 0.717) is 19.3 Å². The van der Waals surface area contributed by atoms with E-state index in [-0.39, 0.29) is 31.1 Å². The third-order valence-electron chi connectivity index (χ3n) is 12.7. The van der Waals surface area contributed by atoms with Crippen molar-refractivity contribution in [1.29, 1.82) is 0 Å². The Balaban J connectivity index is 4.27. The molecule has 0 saturated heterocycles. The van der Waals surface area contributed by atoms with E-state index in [1.165, 1.54) is 205 Å². The first kappa shape index (κ1) is 61.9. The molecule has 0 aromatic heterocycles. The first-order valence-electron chi connectivity index (χ1n) is 28.3. The average molecular weight is 901 g/mol. The number of allylic oxidation sites excluding steroid dienone is 4. The predicted molar refractivity (Wildman–Crippen MR) is 275 cm³/mol. The molecule has 1 atom stereocenters. The van der Waals surface area contributed by atoms with Crippen molar-refractivity contribution in [3.8, 4) is 0 Å². The summed E-state index contributed by atoms with van der Waals surface area (Å²) in [6.07, 6.45) is 61.7. The van der Waals surface area contributed by atoms with E-state index in [9.17, 15) is 14.4 Å². The fraction of sp³-hybridized carbons (Fsp3) is 0.879. The second-order valence-corrected chi connectivity index (χ2v) is 19.2. The Kier molecular flexibility index (Phi) is 51.7. The number of unbranched alkanes of at least 4 members (excludes halogenated alkanes) is 37. The van der Waals surface area contributed by atoms with Crippen LogP contribution >= 0.6 is 0 Å². The van der Waals surface area contributed by atoms with E-state index in [1.54, 1.807) is 0 Å². The largest absolute Gasteiger partial charge is 0.462 e. The molecule has 0 aliphatic carbocycles. The van der Waals surface area contributed by atoms with Crippen LogP contribution < -0.4 is 0 Å². The molecule has 376 valence electrons. The van der Waals surface area contributed by atoms with Gasteiger partial charge in [-0.05, 0) is 70.6 Å². The lowest BCUT2D eigenvalue weighted by Crippen LogP contribution is -2.30. The topological polar surface area (TPSA) is 78.9 Å². The van der Waals surface area contributed by atoms with Crippen molar-refractivity contribution in [2.45, 2.75) is 316 Å². The van der Waals surface area contributed by atoms with Gasteiger partial charge in [-0.1, -0.05) is 244 Å².